The van der Waals surface area contributed by atoms with Gasteiger partial charge in [-0.2, -0.15) is 0 Å². The van der Waals surface area contributed by atoms with Crippen molar-refractivity contribution in [3.63, 3.8) is 0 Å². The Bertz CT molecular complexity index is 681. The molecule has 1 aliphatic heterocycles. The van der Waals surface area contributed by atoms with Crippen molar-refractivity contribution in [2.45, 2.75) is 0 Å². The number of phenolic OH excluding ortho intramolecular Hbond substituents is 1. The summed E-state index contributed by atoms with van der Waals surface area (Å²) >= 11 is 0. The van der Waals surface area contributed by atoms with Crippen LogP contribution >= 0.6 is 0 Å². The third-order valence-corrected chi connectivity index (χ3v) is 3.85. The molecule has 1 saturated heterocycles. The number of primary amides is 1. The molecule has 0 bridgehead atoms. The number of benzene rings is 1. The monoisotopic (exact) mass is 298 g/mol. The molecule has 6 nitrogen and oxygen atoms in total. The quantitative estimate of drug-likeness (QED) is 0.890. The smallest absolute Gasteiger partial charge is 0.252 e. The Morgan fingerprint density at radius 2 is 1.73 bits per heavy atom. The van der Waals surface area contributed by atoms with Crippen LogP contribution in [0.25, 0.3) is 0 Å². The van der Waals surface area contributed by atoms with Crippen LogP contribution in [-0.4, -0.2) is 42.2 Å². The maximum atomic E-state index is 11.5. The average Bonchev–Trinajstić information content (AvgIpc) is 2.55. The fraction of sp³-hybridized carbons (Fsp3) is 0.250. The molecule has 3 N–H and O–H groups in total. The molecule has 6 heteroatoms. The van der Waals surface area contributed by atoms with Gasteiger partial charge in [0.1, 0.15) is 11.6 Å². The van der Waals surface area contributed by atoms with E-state index in [4.69, 9.17) is 5.73 Å². The number of hydrogen-bond acceptors (Lipinski definition) is 5. The van der Waals surface area contributed by atoms with E-state index >= 15 is 0 Å². The molecule has 1 amide bonds. The first-order valence-corrected chi connectivity index (χ1v) is 7.19. The number of carbonyl (C=O) groups is 1. The zero-order valence-electron chi connectivity index (χ0n) is 12.1. The van der Waals surface area contributed by atoms with E-state index in [1.54, 1.807) is 24.4 Å². The molecule has 2 aromatic rings. The molecule has 3 rings (SSSR count). The van der Waals surface area contributed by atoms with Gasteiger partial charge in [-0.05, 0) is 24.3 Å². The van der Waals surface area contributed by atoms with Crippen molar-refractivity contribution in [3.8, 4) is 5.75 Å². The predicted molar refractivity (Wildman–Crippen MR) is 85.3 cm³/mol. The number of rotatable bonds is 3. The molecule has 114 valence electrons. The summed E-state index contributed by atoms with van der Waals surface area (Å²) in [6.07, 6.45) is 1.66. The Hall–Kier alpha value is -2.76. The van der Waals surface area contributed by atoms with Crippen molar-refractivity contribution in [2.75, 3.05) is 36.0 Å². The SMILES string of the molecule is NC(=O)c1cccnc1N1CCN(c2ccccc2O)CC1. The number of phenols is 1. The van der Waals surface area contributed by atoms with Crippen molar-refractivity contribution in [1.29, 1.82) is 0 Å². The maximum absolute atomic E-state index is 11.5. The summed E-state index contributed by atoms with van der Waals surface area (Å²) in [7, 11) is 0. The fourth-order valence-electron chi connectivity index (χ4n) is 2.73. The average molecular weight is 298 g/mol. The molecule has 0 spiro atoms. The molecule has 0 aliphatic carbocycles. The molecule has 1 aliphatic rings. The first-order valence-electron chi connectivity index (χ1n) is 7.19. The second-order valence-electron chi connectivity index (χ2n) is 5.20. The number of aromatic hydroxyl groups is 1. The number of nitrogens with zero attached hydrogens (tertiary/aromatic N) is 3. The van der Waals surface area contributed by atoms with Gasteiger partial charge in [0, 0.05) is 32.4 Å². The Balaban J connectivity index is 1.75. The van der Waals surface area contributed by atoms with E-state index in [1.165, 1.54) is 0 Å². The van der Waals surface area contributed by atoms with Gasteiger partial charge in [0.15, 0.2) is 0 Å². The summed E-state index contributed by atoms with van der Waals surface area (Å²) in [5, 5.41) is 9.93. The summed E-state index contributed by atoms with van der Waals surface area (Å²) < 4.78 is 0. The lowest BCUT2D eigenvalue weighted by atomic mass is 10.2. The maximum Gasteiger partial charge on any atom is 0.252 e. The Kier molecular flexibility index (Phi) is 3.82. The molecule has 22 heavy (non-hydrogen) atoms. The van der Waals surface area contributed by atoms with Crippen LogP contribution in [0.5, 0.6) is 5.75 Å². The first-order chi connectivity index (χ1) is 10.7. The third-order valence-electron chi connectivity index (χ3n) is 3.85. The van der Waals surface area contributed by atoms with Crippen LogP contribution in [0.4, 0.5) is 11.5 Å². The van der Waals surface area contributed by atoms with Gasteiger partial charge < -0.3 is 20.6 Å². The highest BCUT2D eigenvalue weighted by atomic mass is 16.3. The van der Waals surface area contributed by atoms with E-state index in [0.717, 1.165) is 18.8 Å². The molecule has 0 saturated carbocycles. The summed E-state index contributed by atoms with van der Waals surface area (Å²) in [6.45, 7) is 2.91. The number of aromatic nitrogens is 1. The van der Waals surface area contributed by atoms with Crippen LogP contribution in [0.2, 0.25) is 0 Å². The lowest BCUT2D eigenvalue weighted by Crippen LogP contribution is -2.47. The Morgan fingerprint density at radius 1 is 1.05 bits per heavy atom. The van der Waals surface area contributed by atoms with E-state index < -0.39 is 5.91 Å². The van der Waals surface area contributed by atoms with Crippen molar-refractivity contribution >= 4 is 17.4 Å². The highest BCUT2D eigenvalue weighted by molar-refractivity contribution is 5.97. The van der Waals surface area contributed by atoms with Gasteiger partial charge >= 0.3 is 0 Å². The van der Waals surface area contributed by atoms with E-state index in [9.17, 15) is 9.90 Å². The molecule has 0 unspecified atom stereocenters. The van der Waals surface area contributed by atoms with Crippen molar-refractivity contribution in [1.82, 2.24) is 4.98 Å². The number of para-hydroxylation sites is 2. The van der Waals surface area contributed by atoms with E-state index in [1.807, 2.05) is 18.2 Å². The molecule has 0 atom stereocenters. The molecule has 1 aromatic carbocycles. The normalized spacial score (nSPS) is 14.9. The minimum absolute atomic E-state index is 0.284. The predicted octanol–water partition coefficient (Wildman–Crippen LogP) is 1.21. The molecule has 1 aromatic heterocycles. The van der Waals surface area contributed by atoms with E-state index in [2.05, 4.69) is 14.8 Å². The van der Waals surface area contributed by atoms with Gasteiger partial charge in [-0.15, -0.1) is 0 Å². The standard InChI is InChI=1S/C16H18N4O2/c17-15(22)12-4-3-7-18-16(12)20-10-8-19(9-11-20)13-5-1-2-6-14(13)21/h1-7,21H,8-11H2,(H2,17,22). The second-order valence-corrected chi connectivity index (χ2v) is 5.20. The topological polar surface area (TPSA) is 82.7 Å². The lowest BCUT2D eigenvalue weighted by molar-refractivity contribution is 0.100. The summed E-state index contributed by atoms with van der Waals surface area (Å²) in [4.78, 5) is 20.0. The number of anilines is 2. The lowest BCUT2D eigenvalue weighted by Gasteiger charge is -2.37. The number of nitrogens with two attached hydrogens (primary N) is 1. The molecular formula is C16H18N4O2. The van der Waals surface area contributed by atoms with Gasteiger partial charge in [0.2, 0.25) is 0 Å². The number of carbonyl (C=O) groups excluding carboxylic acids is 1. The molecule has 1 fully saturated rings. The third kappa shape index (κ3) is 2.67. The number of amides is 1. The van der Waals surface area contributed by atoms with Gasteiger partial charge in [0.05, 0.1) is 11.3 Å². The fourth-order valence-corrected chi connectivity index (χ4v) is 2.73. The van der Waals surface area contributed by atoms with E-state index in [-0.39, 0.29) is 5.75 Å². The van der Waals surface area contributed by atoms with Gasteiger partial charge in [-0.3, -0.25) is 4.79 Å². The van der Waals surface area contributed by atoms with Gasteiger partial charge in [-0.1, -0.05) is 12.1 Å². The number of hydrogen-bond donors (Lipinski definition) is 2. The first kappa shape index (κ1) is 14.2. The van der Waals surface area contributed by atoms with Crippen LogP contribution in [0, 0.1) is 0 Å². The van der Waals surface area contributed by atoms with Gasteiger partial charge in [-0.25, -0.2) is 4.98 Å². The second kappa shape index (κ2) is 5.93. The van der Waals surface area contributed by atoms with Crippen molar-refractivity contribution < 1.29 is 9.90 Å². The summed E-state index contributed by atoms with van der Waals surface area (Å²) in [6, 6.07) is 10.7. The number of pyridine rings is 1. The van der Waals surface area contributed by atoms with Crippen LogP contribution in [0.3, 0.4) is 0 Å². The highest BCUT2D eigenvalue weighted by Gasteiger charge is 2.22. The summed E-state index contributed by atoms with van der Waals surface area (Å²) in [5.41, 5.74) is 6.69. The molecule has 0 radical (unpaired) electrons. The largest absolute Gasteiger partial charge is 0.506 e. The molecule has 2 heterocycles. The number of piperazine rings is 1. The van der Waals surface area contributed by atoms with Crippen LogP contribution in [-0.2, 0) is 0 Å². The van der Waals surface area contributed by atoms with Gasteiger partial charge in [0.25, 0.3) is 5.91 Å². The zero-order chi connectivity index (χ0) is 15.5. The Labute approximate surface area is 128 Å². The van der Waals surface area contributed by atoms with Crippen LogP contribution in [0.1, 0.15) is 10.4 Å². The van der Waals surface area contributed by atoms with Crippen LogP contribution < -0.4 is 15.5 Å². The highest BCUT2D eigenvalue weighted by Crippen LogP contribution is 2.28. The van der Waals surface area contributed by atoms with Crippen molar-refractivity contribution in [2.24, 2.45) is 5.73 Å². The Morgan fingerprint density at radius 3 is 2.41 bits per heavy atom. The van der Waals surface area contributed by atoms with E-state index in [0.29, 0.717) is 24.5 Å². The molecular weight excluding hydrogens is 280 g/mol. The minimum Gasteiger partial charge on any atom is -0.506 e. The van der Waals surface area contributed by atoms with Crippen LogP contribution in [0.15, 0.2) is 42.6 Å². The minimum atomic E-state index is -0.466. The van der Waals surface area contributed by atoms with Crippen molar-refractivity contribution in [3.05, 3.63) is 48.2 Å². The summed E-state index contributed by atoms with van der Waals surface area (Å²) in [5.74, 6) is 0.449. The zero-order valence-corrected chi connectivity index (χ0v) is 12.1.